The fourth-order valence-corrected chi connectivity index (χ4v) is 3.76. The third kappa shape index (κ3) is 2.14. The molecular formula is C16H24N2. The Morgan fingerprint density at radius 3 is 2.22 bits per heavy atom. The Kier molecular flexibility index (Phi) is 3.29. The molecule has 2 fully saturated rings. The first-order valence-electron chi connectivity index (χ1n) is 7.30. The van der Waals surface area contributed by atoms with E-state index in [9.17, 15) is 0 Å². The van der Waals surface area contributed by atoms with E-state index in [1.165, 1.54) is 43.4 Å². The number of fused-ring (bicyclic) bond motifs is 2. The molecule has 2 saturated heterocycles. The van der Waals surface area contributed by atoms with Crippen LogP contribution in [0.5, 0.6) is 0 Å². The first-order chi connectivity index (χ1) is 8.78. The Balaban J connectivity index is 1.85. The Labute approximate surface area is 110 Å². The lowest BCUT2D eigenvalue weighted by Crippen LogP contribution is -2.56. The monoisotopic (exact) mass is 244 g/mol. The van der Waals surface area contributed by atoms with E-state index in [0.29, 0.717) is 0 Å². The normalized spacial score (nSPS) is 31.4. The zero-order valence-electron chi connectivity index (χ0n) is 11.5. The average molecular weight is 244 g/mol. The topological polar surface area (TPSA) is 15.3 Å². The van der Waals surface area contributed by atoms with Gasteiger partial charge in [-0.25, -0.2) is 0 Å². The predicted molar refractivity (Wildman–Crippen MR) is 77.2 cm³/mol. The van der Waals surface area contributed by atoms with E-state index in [1.54, 1.807) is 0 Å². The second kappa shape index (κ2) is 4.93. The molecule has 2 aliphatic rings. The highest BCUT2D eigenvalue weighted by molar-refractivity contribution is 5.50. The highest BCUT2D eigenvalue weighted by Crippen LogP contribution is 2.37. The molecular weight excluding hydrogens is 220 g/mol. The fourth-order valence-electron chi connectivity index (χ4n) is 3.76. The molecule has 0 radical (unpaired) electrons. The van der Waals surface area contributed by atoms with Crippen LogP contribution in [0, 0.1) is 6.92 Å². The number of hydrogen-bond donors (Lipinski definition) is 1. The summed E-state index contributed by atoms with van der Waals surface area (Å²) in [4.78, 5) is 2.71. The van der Waals surface area contributed by atoms with Crippen molar-refractivity contribution in [2.75, 3.05) is 11.9 Å². The second-order valence-corrected chi connectivity index (χ2v) is 5.94. The van der Waals surface area contributed by atoms with E-state index in [4.69, 9.17) is 0 Å². The summed E-state index contributed by atoms with van der Waals surface area (Å²) in [5, 5.41) is 3.49. The minimum absolute atomic E-state index is 0.724. The van der Waals surface area contributed by atoms with Crippen LogP contribution in [0.1, 0.15) is 37.7 Å². The van der Waals surface area contributed by atoms with Crippen molar-refractivity contribution < 1.29 is 0 Å². The van der Waals surface area contributed by atoms with Crippen molar-refractivity contribution in [3.63, 3.8) is 0 Å². The molecule has 0 aliphatic carbocycles. The van der Waals surface area contributed by atoms with E-state index >= 15 is 0 Å². The maximum Gasteiger partial charge on any atom is 0.0371 e. The molecule has 2 aliphatic heterocycles. The van der Waals surface area contributed by atoms with Crippen molar-refractivity contribution in [2.24, 2.45) is 0 Å². The second-order valence-electron chi connectivity index (χ2n) is 5.94. The summed E-state index contributed by atoms with van der Waals surface area (Å²) in [6, 6.07) is 11.3. The maximum atomic E-state index is 3.49. The van der Waals surface area contributed by atoms with Crippen molar-refractivity contribution in [3.8, 4) is 0 Å². The molecule has 2 atom stereocenters. The number of nitrogens with one attached hydrogen (secondary N) is 1. The molecule has 1 N–H and O–H groups in total. The predicted octanol–water partition coefficient (Wildman–Crippen LogP) is 3.10. The van der Waals surface area contributed by atoms with Gasteiger partial charge in [-0.3, -0.25) is 0 Å². The number of benzene rings is 1. The molecule has 1 aromatic rings. The number of nitrogens with zero attached hydrogens (tertiary/aromatic N) is 1. The summed E-state index contributed by atoms with van der Waals surface area (Å²) in [7, 11) is 2.11. The van der Waals surface area contributed by atoms with Gasteiger partial charge in [0.25, 0.3) is 0 Å². The van der Waals surface area contributed by atoms with Crippen LogP contribution in [0.3, 0.4) is 0 Å². The van der Waals surface area contributed by atoms with Crippen molar-refractivity contribution in [1.82, 2.24) is 5.32 Å². The maximum absolute atomic E-state index is 3.49. The van der Waals surface area contributed by atoms with Gasteiger partial charge in [-0.15, -0.1) is 0 Å². The molecule has 18 heavy (non-hydrogen) atoms. The van der Waals surface area contributed by atoms with Crippen LogP contribution in [-0.2, 0) is 0 Å². The Morgan fingerprint density at radius 2 is 1.67 bits per heavy atom. The van der Waals surface area contributed by atoms with Crippen molar-refractivity contribution in [3.05, 3.63) is 29.8 Å². The molecule has 98 valence electrons. The van der Waals surface area contributed by atoms with Crippen molar-refractivity contribution in [2.45, 2.75) is 57.2 Å². The summed E-state index contributed by atoms with van der Waals surface area (Å²) in [6.45, 7) is 2.16. The Morgan fingerprint density at radius 1 is 1.06 bits per heavy atom. The van der Waals surface area contributed by atoms with E-state index in [1.807, 2.05) is 0 Å². The number of hydrogen-bond acceptors (Lipinski definition) is 2. The minimum Gasteiger partial charge on any atom is -0.365 e. The Hall–Kier alpha value is -1.02. The van der Waals surface area contributed by atoms with E-state index in [2.05, 4.69) is 48.5 Å². The number of aryl methyl sites for hydroxylation is 1. The molecule has 2 nitrogen and oxygen atoms in total. The summed E-state index contributed by atoms with van der Waals surface area (Å²) in [6.07, 6.45) is 6.75. The molecule has 0 amide bonds. The van der Waals surface area contributed by atoms with Crippen LogP contribution < -0.4 is 10.2 Å². The Bertz CT molecular complexity index is 384. The molecule has 2 heteroatoms. The van der Waals surface area contributed by atoms with Gasteiger partial charge < -0.3 is 10.2 Å². The standard InChI is InChI=1S/C16H24N2/c1-12-6-8-14(9-7-12)18-15-4-3-5-16(18)11-13(10-15)17-2/h6-9,13,15-17H,3-5,10-11H2,1-2H3. The number of piperidine rings is 2. The summed E-state index contributed by atoms with van der Waals surface area (Å²) in [5.74, 6) is 0. The third-order valence-corrected chi connectivity index (χ3v) is 4.72. The molecule has 2 unspecified atom stereocenters. The van der Waals surface area contributed by atoms with Gasteiger partial charge >= 0.3 is 0 Å². The average Bonchev–Trinajstić information content (AvgIpc) is 2.38. The van der Waals surface area contributed by atoms with Gasteiger partial charge in [0.15, 0.2) is 0 Å². The summed E-state index contributed by atoms with van der Waals surface area (Å²) >= 11 is 0. The molecule has 3 rings (SSSR count). The van der Waals surface area contributed by atoms with E-state index < -0.39 is 0 Å². The van der Waals surface area contributed by atoms with Gasteiger partial charge in [-0.05, 0) is 58.2 Å². The molecule has 0 aromatic heterocycles. The molecule has 2 bridgehead atoms. The van der Waals surface area contributed by atoms with E-state index in [-0.39, 0.29) is 0 Å². The van der Waals surface area contributed by atoms with Crippen molar-refractivity contribution in [1.29, 1.82) is 0 Å². The van der Waals surface area contributed by atoms with Crippen LogP contribution in [-0.4, -0.2) is 25.2 Å². The number of anilines is 1. The highest BCUT2D eigenvalue weighted by Gasteiger charge is 2.37. The van der Waals surface area contributed by atoms with Gasteiger partial charge in [-0.2, -0.15) is 0 Å². The zero-order valence-corrected chi connectivity index (χ0v) is 11.5. The highest BCUT2D eigenvalue weighted by atomic mass is 15.2. The lowest BCUT2D eigenvalue weighted by Gasteiger charge is -2.50. The first kappa shape index (κ1) is 12.0. The summed E-state index contributed by atoms with van der Waals surface area (Å²) in [5.41, 5.74) is 2.79. The largest absolute Gasteiger partial charge is 0.365 e. The molecule has 2 heterocycles. The smallest absolute Gasteiger partial charge is 0.0371 e. The van der Waals surface area contributed by atoms with Gasteiger partial charge in [0.2, 0.25) is 0 Å². The number of rotatable bonds is 2. The van der Waals surface area contributed by atoms with Gasteiger partial charge in [0.05, 0.1) is 0 Å². The van der Waals surface area contributed by atoms with E-state index in [0.717, 1.165) is 18.1 Å². The van der Waals surface area contributed by atoms with Crippen LogP contribution in [0.2, 0.25) is 0 Å². The van der Waals surface area contributed by atoms with Crippen LogP contribution in [0.15, 0.2) is 24.3 Å². The SMILES string of the molecule is CNC1CC2CCCC(C1)N2c1ccc(C)cc1. The van der Waals surface area contributed by atoms with Crippen LogP contribution >= 0.6 is 0 Å². The van der Waals surface area contributed by atoms with Crippen molar-refractivity contribution >= 4 is 5.69 Å². The van der Waals surface area contributed by atoms with Crippen LogP contribution in [0.4, 0.5) is 5.69 Å². The lowest BCUT2D eigenvalue weighted by molar-refractivity contribution is 0.252. The van der Waals surface area contributed by atoms with Gasteiger partial charge in [0.1, 0.15) is 0 Å². The third-order valence-electron chi connectivity index (χ3n) is 4.72. The zero-order chi connectivity index (χ0) is 12.5. The van der Waals surface area contributed by atoms with Gasteiger partial charge in [-0.1, -0.05) is 17.7 Å². The lowest BCUT2D eigenvalue weighted by atomic mass is 9.81. The molecule has 0 spiro atoms. The minimum atomic E-state index is 0.724. The first-order valence-corrected chi connectivity index (χ1v) is 7.30. The van der Waals surface area contributed by atoms with Crippen LogP contribution in [0.25, 0.3) is 0 Å². The fraction of sp³-hybridized carbons (Fsp3) is 0.625. The van der Waals surface area contributed by atoms with Gasteiger partial charge in [0, 0.05) is 23.8 Å². The molecule has 1 aromatic carbocycles. The summed E-state index contributed by atoms with van der Waals surface area (Å²) < 4.78 is 0. The quantitative estimate of drug-likeness (QED) is 0.860. The molecule has 0 saturated carbocycles.